The Balaban J connectivity index is 1.76. The van der Waals surface area contributed by atoms with Gasteiger partial charge in [0.15, 0.2) is 0 Å². The molecule has 0 saturated heterocycles. The molecule has 1 amide bonds. The zero-order valence-electron chi connectivity index (χ0n) is 9.24. The van der Waals surface area contributed by atoms with Crippen LogP contribution in [0.15, 0.2) is 10.9 Å². The highest BCUT2D eigenvalue weighted by Crippen LogP contribution is 2.42. The van der Waals surface area contributed by atoms with Crippen molar-refractivity contribution in [2.24, 2.45) is 11.1 Å². The molecule has 1 aromatic rings. The molecule has 88 valence electrons. The van der Waals surface area contributed by atoms with Gasteiger partial charge in [0.2, 0.25) is 5.91 Å². The van der Waals surface area contributed by atoms with Gasteiger partial charge in [-0.25, -0.2) is 4.98 Å². The molecule has 1 saturated carbocycles. The number of hydrogen-bond donors (Lipinski definition) is 2. The number of aromatic nitrogens is 1. The molecule has 0 aliphatic heterocycles. The second kappa shape index (κ2) is 4.93. The number of carbonyl (C=O) groups is 1. The van der Waals surface area contributed by atoms with Crippen molar-refractivity contribution in [1.29, 1.82) is 0 Å². The Morgan fingerprint density at radius 2 is 2.44 bits per heavy atom. The Kier molecular flexibility index (Phi) is 3.56. The molecular formula is C11H17N3OS. The summed E-state index contributed by atoms with van der Waals surface area (Å²) in [6, 6.07) is 0. The lowest BCUT2D eigenvalue weighted by atomic mass is 9.66. The Labute approximate surface area is 99.3 Å². The van der Waals surface area contributed by atoms with E-state index in [1.165, 1.54) is 6.42 Å². The van der Waals surface area contributed by atoms with Gasteiger partial charge in [-0.15, -0.1) is 11.3 Å². The quantitative estimate of drug-likeness (QED) is 0.813. The molecule has 2 rings (SSSR count). The van der Waals surface area contributed by atoms with Crippen LogP contribution >= 0.6 is 11.3 Å². The van der Waals surface area contributed by atoms with Gasteiger partial charge in [0.25, 0.3) is 0 Å². The molecule has 1 fully saturated rings. The van der Waals surface area contributed by atoms with Gasteiger partial charge in [-0.1, -0.05) is 6.42 Å². The summed E-state index contributed by atoms with van der Waals surface area (Å²) in [5.74, 6) is 0.0955. The van der Waals surface area contributed by atoms with E-state index in [1.54, 1.807) is 16.8 Å². The first kappa shape index (κ1) is 11.5. The van der Waals surface area contributed by atoms with E-state index >= 15 is 0 Å². The first-order valence-corrected chi connectivity index (χ1v) is 6.52. The van der Waals surface area contributed by atoms with E-state index in [9.17, 15) is 4.79 Å². The van der Waals surface area contributed by atoms with E-state index < -0.39 is 0 Å². The first-order chi connectivity index (χ1) is 7.74. The lowest BCUT2D eigenvalue weighted by Crippen LogP contribution is -2.41. The number of hydrogen-bond acceptors (Lipinski definition) is 4. The molecule has 0 atom stereocenters. The number of nitrogens with two attached hydrogens (primary N) is 1. The molecular weight excluding hydrogens is 222 g/mol. The number of amides is 1. The largest absolute Gasteiger partial charge is 0.350 e. The van der Waals surface area contributed by atoms with Gasteiger partial charge in [0, 0.05) is 11.8 Å². The highest BCUT2D eigenvalue weighted by Gasteiger charge is 2.37. The third-order valence-electron chi connectivity index (χ3n) is 3.33. The summed E-state index contributed by atoms with van der Waals surface area (Å²) in [6.45, 7) is 1.15. The van der Waals surface area contributed by atoms with Crippen LogP contribution in [0.25, 0.3) is 0 Å². The van der Waals surface area contributed by atoms with Crippen molar-refractivity contribution >= 4 is 17.2 Å². The van der Waals surface area contributed by atoms with Crippen LogP contribution in [0.1, 0.15) is 31.4 Å². The van der Waals surface area contributed by atoms with E-state index in [0.717, 1.165) is 18.5 Å². The van der Waals surface area contributed by atoms with Crippen molar-refractivity contribution in [1.82, 2.24) is 10.3 Å². The maximum atomic E-state index is 11.7. The predicted octanol–water partition coefficient (Wildman–Crippen LogP) is 1.28. The van der Waals surface area contributed by atoms with Crippen LogP contribution in [-0.4, -0.2) is 17.4 Å². The van der Waals surface area contributed by atoms with Crippen LogP contribution < -0.4 is 11.1 Å². The fourth-order valence-corrected chi connectivity index (χ4v) is 2.61. The van der Waals surface area contributed by atoms with E-state index in [1.807, 2.05) is 5.38 Å². The summed E-state index contributed by atoms with van der Waals surface area (Å²) in [6.07, 6.45) is 3.95. The zero-order valence-corrected chi connectivity index (χ0v) is 10.1. The Bertz CT molecular complexity index is 341. The van der Waals surface area contributed by atoms with Crippen molar-refractivity contribution in [2.75, 3.05) is 6.54 Å². The number of thiazole rings is 1. The van der Waals surface area contributed by atoms with Crippen LogP contribution in [0, 0.1) is 5.41 Å². The molecule has 0 aromatic carbocycles. The summed E-state index contributed by atoms with van der Waals surface area (Å²) >= 11 is 1.54. The van der Waals surface area contributed by atoms with Crippen LogP contribution in [0.2, 0.25) is 0 Å². The smallest absolute Gasteiger partial charge is 0.220 e. The standard InChI is InChI=1S/C11H17N3OS/c12-7-11(2-1-3-11)4-10(15)13-5-9-6-16-8-14-9/h6,8H,1-5,7,12H2,(H,13,15). The number of carbonyl (C=O) groups excluding carboxylic acids is 1. The summed E-state index contributed by atoms with van der Waals surface area (Å²) in [5.41, 5.74) is 8.50. The summed E-state index contributed by atoms with van der Waals surface area (Å²) in [7, 11) is 0. The highest BCUT2D eigenvalue weighted by atomic mass is 32.1. The average molecular weight is 239 g/mol. The molecule has 0 bridgehead atoms. The van der Waals surface area contributed by atoms with Gasteiger partial charge < -0.3 is 11.1 Å². The minimum absolute atomic E-state index is 0.0894. The summed E-state index contributed by atoms with van der Waals surface area (Å²) < 4.78 is 0. The van der Waals surface area contributed by atoms with Crippen LogP contribution in [-0.2, 0) is 11.3 Å². The third kappa shape index (κ3) is 2.59. The second-order valence-corrected chi connectivity index (χ2v) is 5.21. The van der Waals surface area contributed by atoms with E-state index in [2.05, 4.69) is 10.3 Å². The average Bonchev–Trinajstić information content (AvgIpc) is 2.73. The molecule has 16 heavy (non-hydrogen) atoms. The van der Waals surface area contributed by atoms with Crippen molar-refractivity contribution < 1.29 is 4.79 Å². The number of nitrogens with one attached hydrogen (secondary N) is 1. The third-order valence-corrected chi connectivity index (χ3v) is 3.97. The van der Waals surface area contributed by atoms with Gasteiger partial charge in [-0.2, -0.15) is 0 Å². The first-order valence-electron chi connectivity index (χ1n) is 5.58. The monoisotopic (exact) mass is 239 g/mol. The second-order valence-electron chi connectivity index (χ2n) is 4.49. The van der Waals surface area contributed by atoms with E-state index in [-0.39, 0.29) is 11.3 Å². The van der Waals surface area contributed by atoms with Gasteiger partial charge in [-0.05, 0) is 24.8 Å². The molecule has 0 radical (unpaired) electrons. The minimum Gasteiger partial charge on any atom is -0.350 e. The van der Waals surface area contributed by atoms with Crippen molar-refractivity contribution in [3.63, 3.8) is 0 Å². The fraction of sp³-hybridized carbons (Fsp3) is 0.636. The predicted molar refractivity (Wildman–Crippen MR) is 63.9 cm³/mol. The topological polar surface area (TPSA) is 68.0 Å². The number of rotatable bonds is 5. The van der Waals surface area contributed by atoms with Gasteiger partial charge >= 0.3 is 0 Å². The van der Waals surface area contributed by atoms with E-state index in [0.29, 0.717) is 19.5 Å². The maximum absolute atomic E-state index is 11.7. The SMILES string of the molecule is NCC1(CC(=O)NCc2cscn2)CCC1. The fourth-order valence-electron chi connectivity index (χ4n) is 2.05. The Morgan fingerprint density at radius 1 is 1.62 bits per heavy atom. The molecule has 0 unspecified atom stereocenters. The molecule has 1 aromatic heterocycles. The highest BCUT2D eigenvalue weighted by molar-refractivity contribution is 7.07. The Hall–Kier alpha value is -0.940. The molecule has 1 aliphatic carbocycles. The summed E-state index contributed by atoms with van der Waals surface area (Å²) in [4.78, 5) is 15.8. The van der Waals surface area contributed by atoms with E-state index in [4.69, 9.17) is 5.73 Å². The van der Waals surface area contributed by atoms with Gasteiger partial charge in [0.1, 0.15) is 0 Å². The molecule has 1 aliphatic rings. The zero-order chi connectivity index (χ0) is 11.4. The lowest BCUT2D eigenvalue weighted by molar-refractivity contribution is -0.124. The van der Waals surface area contributed by atoms with Crippen LogP contribution in [0.5, 0.6) is 0 Å². The Morgan fingerprint density at radius 3 is 2.94 bits per heavy atom. The molecule has 4 nitrogen and oxygen atoms in total. The normalized spacial score (nSPS) is 17.8. The molecule has 3 N–H and O–H groups in total. The van der Waals surface area contributed by atoms with Crippen LogP contribution in [0.4, 0.5) is 0 Å². The molecule has 5 heteroatoms. The van der Waals surface area contributed by atoms with Gasteiger partial charge in [-0.3, -0.25) is 4.79 Å². The summed E-state index contributed by atoms with van der Waals surface area (Å²) in [5, 5.41) is 4.84. The van der Waals surface area contributed by atoms with Crippen LogP contribution in [0.3, 0.4) is 0 Å². The van der Waals surface area contributed by atoms with Crippen molar-refractivity contribution in [3.05, 3.63) is 16.6 Å². The van der Waals surface area contributed by atoms with Crippen molar-refractivity contribution in [3.8, 4) is 0 Å². The lowest BCUT2D eigenvalue weighted by Gasteiger charge is -2.40. The number of nitrogens with zero attached hydrogens (tertiary/aromatic N) is 1. The molecule has 0 spiro atoms. The van der Waals surface area contributed by atoms with Gasteiger partial charge in [0.05, 0.1) is 17.7 Å². The molecule has 1 heterocycles. The van der Waals surface area contributed by atoms with Crippen molar-refractivity contribution in [2.45, 2.75) is 32.2 Å². The maximum Gasteiger partial charge on any atom is 0.220 e. The minimum atomic E-state index is 0.0894.